The van der Waals surface area contributed by atoms with Crippen LogP contribution < -0.4 is 21.8 Å². The summed E-state index contributed by atoms with van der Waals surface area (Å²) in [4.78, 5) is 24.5. The first-order valence-electron chi connectivity index (χ1n) is 9.67. The van der Waals surface area contributed by atoms with E-state index in [0.717, 1.165) is 5.56 Å². The molecule has 164 valence electrons. The van der Waals surface area contributed by atoms with E-state index in [4.69, 9.17) is 16.3 Å². The van der Waals surface area contributed by atoms with Crippen molar-refractivity contribution in [3.8, 4) is 11.1 Å². The molecule has 1 unspecified atom stereocenters. The van der Waals surface area contributed by atoms with Crippen molar-refractivity contribution in [3.05, 3.63) is 53.8 Å². The van der Waals surface area contributed by atoms with E-state index >= 15 is 0 Å². The number of carbonyl (C=O) groups is 2. The molecule has 1 fully saturated rings. The summed E-state index contributed by atoms with van der Waals surface area (Å²) >= 11 is 0. The summed E-state index contributed by atoms with van der Waals surface area (Å²) in [5.41, 5.74) is 7.86. The van der Waals surface area contributed by atoms with Gasteiger partial charge in [-0.3, -0.25) is 9.69 Å². The first-order valence-corrected chi connectivity index (χ1v) is 9.67. The molecule has 0 aliphatic carbocycles. The summed E-state index contributed by atoms with van der Waals surface area (Å²) in [5.74, 6) is 5.43. The Labute approximate surface area is 179 Å². The zero-order valence-corrected chi connectivity index (χ0v) is 17.3. The number of cyclic esters (lactones) is 1. The molecule has 9 nitrogen and oxygen atoms in total. The minimum atomic E-state index is -0.575. The number of nitrogens with zero attached hydrogens (tertiary/aromatic N) is 3. The molecule has 10 heteroatoms. The van der Waals surface area contributed by atoms with E-state index in [1.54, 1.807) is 31.2 Å². The van der Waals surface area contributed by atoms with Crippen LogP contribution >= 0.6 is 0 Å². The number of hydrogen-bond donors (Lipinski definition) is 3. The molecule has 1 aliphatic heterocycles. The third kappa shape index (κ3) is 5.70. The Morgan fingerprint density at radius 1 is 1.29 bits per heavy atom. The number of nitrogens with two attached hydrogens (primary N) is 2. The maximum atomic E-state index is 14.8. The van der Waals surface area contributed by atoms with Crippen molar-refractivity contribution in [1.82, 2.24) is 10.4 Å². The quantitative estimate of drug-likeness (QED) is 0.268. The monoisotopic (exact) mass is 428 g/mol. The third-order valence-corrected chi connectivity index (χ3v) is 4.61. The van der Waals surface area contributed by atoms with Crippen molar-refractivity contribution in [1.29, 1.82) is 0 Å². The first-order chi connectivity index (χ1) is 14.7. The summed E-state index contributed by atoms with van der Waals surface area (Å²) in [6.45, 7) is 3.82. The molecule has 0 aromatic heterocycles. The van der Waals surface area contributed by atoms with Crippen LogP contribution in [0.5, 0.6) is 0 Å². The first kappa shape index (κ1) is 22.0. The van der Waals surface area contributed by atoms with Gasteiger partial charge in [-0.2, -0.15) is 0 Å². The second-order valence-electron chi connectivity index (χ2n) is 7.25. The van der Waals surface area contributed by atoms with Crippen LogP contribution in [0.2, 0.25) is 0 Å². The molecule has 0 bridgehead atoms. The average molecular weight is 428 g/mol. The van der Waals surface area contributed by atoms with Gasteiger partial charge in [0.25, 0.3) is 0 Å². The van der Waals surface area contributed by atoms with E-state index in [2.05, 4.69) is 10.4 Å². The molecule has 2 aromatic carbocycles. The van der Waals surface area contributed by atoms with Crippen molar-refractivity contribution in [2.75, 3.05) is 18.0 Å². The van der Waals surface area contributed by atoms with Crippen LogP contribution in [0.25, 0.3) is 11.1 Å². The van der Waals surface area contributed by atoms with Crippen LogP contribution in [0.1, 0.15) is 19.4 Å². The van der Waals surface area contributed by atoms with Crippen LogP contribution in [-0.2, 0) is 16.1 Å². The Morgan fingerprint density at radius 2 is 2.00 bits per heavy atom. The lowest BCUT2D eigenvalue weighted by Crippen LogP contribution is -2.33. The predicted octanol–water partition coefficient (Wildman–Crippen LogP) is 1.92. The fourth-order valence-electron chi connectivity index (χ4n) is 3.22. The zero-order chi connectivity index (χ0) is 22.5. The molecule has 1 atom stereocenters. The summed E-state index contributed by atoms with van der Waals surface area (Å²) in [6, 6.07) is 11.8. The van der Waals surface area contributed by atoms with E-state index in [1.807, 2.05) is 12.1 Å². The zero-order valence-electron chi connectivity index (χ0n) is 17.3. The van der Waals surface area contributed by atoms with Crippen molar-refractivity contribution in [2.24, 2.45) is 16.7 Å². The van der Waals surface area contributed by atoms with Crippen LogP contribution in [0.3, 0.4) is 0 Å². The van der Waals surface area contributed by atoms with Gasteiger partial charge in [-0.15, -0.1) is 5.10 Å². The lowest BCUT2D eigenvalue weighted by Gasteiger charge is -2.15. The normalized spacial score (nSPS) is 16.3. The van der Waals surface area contributed by atoms with E-state index < -0.39 is 18.0 Å². The minimum absolute atomic E-state index is 0.209. The second kappa shape index (κ2) is 9.43. The topological polar surface area (TPSA) is 126 Å². The standard InChI is InChI=1S/C21H25FN6O3/c1-13(23)26-28(24)11-15-3-5-16(6-4-15)19-8-7-17(9-20(19)22)27-12-18(31-21(27)30)10-25-14(2)29/h3-9,18H,10-12,24H2,1-2H3,(H2,23,26)(H,25,29). The van der Waals surface area contributed by atoms with Crippen molar-refractivity contribution < 1.29 is 18.7 Å². The fourth-order valence-corrected chi connectivity index (χ4v) is 3.22. The van der Waals surface area contributed by atoms with E-state index in [9.17, 15) is 14.0 Å². The van der Waals surface area contributed by atoms with Crippen molar-refractivity contribution in [3.63, 3.8) is 0 Å². The van der Waals surface area contributed by atoms with Gasteiger partial charge in [-0.05, 0) is 36.2 Å². The van der Waals surface area contributed by atoms with E-state index in [-0.39, 0.29) is 19.0 Å². The van der Waals surface area contributed by atoms with Gasteiger partial charge in [-0.1, -0.05) is 24.3 Å². The Balaban J connectivity index is 1.70. The van der Waals surface area contributed by atoms with Gasteiger partial charge < -0.3 is 15.8 Å². The summed E-state index contributed by atoms with van der Waals surface area (Å²) < 4.78 is 20.0. The molecule has 0 spiro atoms. The molecule has 5 N–H and O–H groups in total. The number of halogens is 1. The van der Waals surface area contributed by atoms with Crippen LogP contribution in [0.15, 0.2) is 47.6 Å². The highest BCUT2D eigenvalue weighted by molar-refractivity contribution is 5.90. The molecular weight excluding hydrogens is 403 g/mol. The maximum Gasteiger partial charge on any atom is 0.414 e. The molecule has 2 aromatic rings. The molecule has 0 radical (unpaired) electrons. The highest BCUT2D eigenvalue weighted by atomic mass is 19.1. The lowest BCUT2D eigenvalue weighted by atomic mass is 10.0. The average Bonchev–Trinajstić information content (AvgIpc) is 3.07. The molecule has 3 rings (SSSR count). The van der Waals surface area contributed by atoms with Crippen LogP contribution in [-0.4, -0.2) is 42.1 Å². The van der Waals surface area contributed by atoms with Gasteiger partial charge in [0.15, 0.2) is 0 Å². The Hall–Kier alpha value is -3.66. The molecule has 0 saturated carbocycles. The number of hydrazone groups is 1. The van der Waals surface area contributed by atoms with Gasteiger partial charge in [0.05, 0.1) is 25.3 Å². The number of rotatable bonds is 7. The highest BCUT2D eigenvalue weighted by Crippen LogP contribution is 2.29. The molecule has 1 aliphatic rings. The molecule has 1 heterocycles. The molecule has 31 heavy (non-hydrogen) atoms. The number of hydrazine groups is 1. The Kier molecular flexibility index (Phi) is 6.71. The van der Waals surface area contributed by atoms with Gasteiger partial charge in [-0.25, -0.2) is 20.1 Å². The smallest absolute Gasteiger partial charge is 0.414 e. The number of nitrogens with one attached hydrogen (secondary N) is 1. The number of amidine groups is 1. The number of hydrogen-bond acceptors (Lipinski definition) is 6. The Bertz CT molecular complexity index is 991. The maximum absolute atomic E-state index is 14.8. The highest BCUT2D eigenvalue weighted by Gasteiger charge is 2.32. The number of amides is 2. The Morgan fingerprint density at radius 3 is 2.61 bits per heavy atom. The molecule has 1 saturated heterocycles. The van der Waals surface area contributed by atoms with Gasteiger partial charge in [0.2, 0.25) is 5.91 Å². The fraction of sp³-hybridized carbons (Fsp3) is 0.286. The van der Waals surface area contributed by atoms with Gasteiger partial charge in [0, 0.05) is 12.5 Å². The third-order valence-electron chi connectivity index (χ3n) is 4.61. The van der Waals surface area contributed by atoms with Crippen LogP contribution in [0, 0.1) is 5.82 Å². The van der Waals surface area contributed by atoms with Gasteiger partial charge in [0.1, 0.15) is 17.8 Å². The minimum Gasteiger partial charge on any atom is -0.442 e. The summed E-state index contributed by atoms with van der Waals surface area (Å²) in [5, 5.41) is 7.77. The number of anilines is 1. The molecular formula is C21H25FN6O3. The molecule has 2 amide bonds. The summed E-state index contributed by atoms with van der Waals surface area (Å²) in [7, 11) is 0. The lowest BCUT2D eigenvalue weighted by molar-refractivity contribution is -0.119. The van der Waals surface area contributed by atoms with Crippen molar-refractivity contribution >= 4 is 23.5 Å². The van der Waals surface area contributed by atoms with Crippen molar-refractivity contribution in [2.45, 2.75) is 26.5 Å². The summed E-state index contributed by atoms with van der Waals surface area (Å²) in [6.07, 6.45) is -1.06. The number of carbonyl (C=O) groups excluding carboxylic acids is 2. The number of benzene rings is 2. The van der Waals surface area contributed by atoms with Gasteiger partial charge >= 0.3 is 6.09 Å². The second-order valence-corrected chi connectivity index (χ2v) is 7.25. The largest absolute Gasteiger partial charge is 0.442 e. The number of ether oxygens (including phenoxy) is 1. The SMILES string of the molecule is CC(=O)NCC1CN(c2ccc(-c3ccc(CN(N)/N=C(/C)N)cc3)c(F)c2)C(=O)O1. The van der Waals surface area contributed by atoms with Crippen LogP contribution in [0.4, 0.5) is 14.9 Å². The predicted molar refractivity (Wildman–Crippen MR) is 115 cm³/mol. The van der Waals surface area contributed by atoms with E-state index in [0.29, 0.717) is 29.2 Å². The van der Waals surface area contributed by atoms with E-state index in [1.165, 1.54) is 23.0 Å².